The van der Waals surface area contributed by atoms with Crippen LogP contribution in [0.5, 0.6) is 0 Å². The summed E-state index contributed by atoms with van der Waals surface area (Å²) in [5.74, 6) is 0. The molecule has 2 atom stereocenters. The second-order valence-electron chi connectivity index (χ2n) is 3.80. The zero-order chi connectivity index (χ0) is 9.52. The van der Waals surface area contributed by atoms with E-state index in [4.69, 9.17) is 4.74 Å². The summed E-state index contributed by atoms with van der Waals surface area (Å²) in [6.45, 7) is 5.33. The SMILES string of the molecule is CCCC(COC)NC1CCNC1. The molecule has 0 aromatic carbocycles. The van der Waals surface area contributed by atoms with Gasteiger partial charge in [0.15, 0.2) is 0 Å². The first kappa shape index (κ1) is 11.0. The van der Waals surface area contributed by atoms with Crippen LogP contribution in [-0.4, -0.2) is 38.9 Å². The molecule has 3 nitrogen and oxygen atoms in total. The minimum atomic E-state index is 0.542. The van der Waals surface area contributed by atoms with Crippen LogP contribution in [0.15, 0.2) is 0 Å². The second kappa shape index (κ2) is 6.35. The molecule has 0 saturated carbocycles. The summed E-state index contributed by atoms with van der Waals surface area (Å²) in [6, 6.07) is 1.20. The normalized spacial score (nSPS) is 24.9. The second-order valence-corrected chi connectivity index (χ2v) is 3.80. The van der Waals surface area contributed by atoms with E-state index in [0.29, 0.717) is 12.1 Å². The smallest absolute Gasteiger partial charge is 0.0615 e. The summed E-state index contributed by atoms with van der Waals surface area (Å²) in [5, 5.41) is 6.99. The largest absolute Gasteiger partial charge is 0.383 e. The van der Waals surface area contributed by atoms with Crippen LogP contribution in [0.25, 0.3) is 0 Å². The molecule has 1 aliphatic rings. The van der Waals surface area contributed by atoms with Crippen molar-refractivity contribution in [1.29, 1.82) is 0 Å². The molecule has 1 fully saturated rings. The van der Waals surface area contributed by atoms with Crippen LogP contribution >= 0.6 is 0 Å². The molecule has 0 bridgehead atoms. The molecule has 0 aromatic heterocycles. The molecular weight excluding hydrogens is 164 g/mol. The topological polar surface area (TPSA) is 33.3 Å². The first-order valence-corrected chi connectivity index (χ1v) is 5.32. The van der Waals surface area contributed by atoms with Crippen LogP contribution in [0.1, 0.15) is 26.2 Å². The van der Waals surface area contributed by atoms with E-state index < -0.39 is 0 Å². The molecule has 2 unspecified atom stereocenters. The van der Waals surface area contributed by atoms with Gasteiger partial charge < -0.3 is 15.4 Å². The predicted octanol–water partition coefficient (Wildman–Crippen LogP) is 0.753. The standard InChI is InChI=1S/C10H22N2O/c1-3-4-10(8-13-2)12-9-5-6-11-7-9/h9-12H,3-8H2,1-2H3. The van der Waals surface area contributed by atoms with Gasteiger partial charge in [-0.25, -0.2) is 0 Å². The highest BCUT2D eigenvalue weighted by molar-refractivity contribution is 4.81. The van der Waals surface area contributed by atoms with Crippen molar-refractivity contribution in [3.8, 4) is 0 Å². The van der Waals surface area contributed by atoms with Crippen molar-refractivity contribution in [2.24, 2.45) is 0 Å². The molecule has 0 amide bonds. The van der Waals surface area contributed by atoms with E-state index in [1.54, 1.807) is 7.11 Å². The van der Waals surface area contributed by atoms with Gasteiger partial charge in [-0.3, -0.25) is 0 Å². The lowest BCUT2D eigenvalue weighted by atomic mass is 10.1. The molecule has 13 heavy (non-hydrogen) atoms. The summed E-state index contributed by atoms with van der Waals surface area (Å²) in [5.41, 5.74) is 0. The Bertz CT molecular complexity index is 118. The number of ether oxygens (including phenoxy) is 1. The molecule has 1 aliphatic heterocycles. The highest BCUT2D eigenvalue weighted by Crippen LogP contribution is 2.03. The van der Waals surface area contributed by atoms with Crippen molar-refractivity contribution in [2.45, 2.75) is 38.3 Å². The van der Waals surface area contributed by atoms with Gasteiger partial charge in [0.05, 0.1) is 6.61 Å². The average molecular weight is 186 g/mol. The summed E-state index contributed by atoms with van der Waals surface area (Å²) >= 11 is 0. The van der Waals surface area contributed by atoms with Crippen molar-refractivity contribution in [1.82, 2.24) is 10.6 Å². The quantitative estimate of drug-likeness (QED) is 0.642. The maximum Gasteiger partial charge on any atom is 0.0615 e. The van der Waals surface area contributed by atoms with Gasteiger partial charge in [0.2, 0.25) is 0 Å². The van der Waals surface area contributed by atoms with Crippen molar-refractivity contribution < 1.29 is 4.74 Å². The van der Waals surface area contributed by atoms with Gasteiger partial charge >= 0.3 is 0 Å². The summed E-state index contributed by atoms with van der Waals surface area (Å²) < 4.78 is 5.18. The Labute approximate surface area is 81.2 Å². The summed E-state index contributed by atoms with van der Waals surface area (Å²) in [7, 11) is 1.78. The molecule has 1 rings (SSSR count). The average Bonchev–Trinajstić information content (AvgIpc) is 2.58. The molecule has 0 aliphatic carbocycles. The lowest BCUT2D eigenvalue weighted by Gasteiger charge is -2.21. The van der Waals surface area contributed by atoms with Crippen LogP contribution < -0.4 is 10.6 Å². The molecule has 2 N–H and O–H groups in total. The monoisotopic (exact) mass is 186 g/mol. The highest BCUT2D eigenvalue weighted by Gasteiger charge is 2.17. The van der Waals surface area contributed by atoms with E-state index in [1.807, 2.05) is 0 Å². The number of methoxy groups -OCH3 is 1. The lowest BCUT2D eigenvalue weighted by molar-refractivity contribution is 0.157. The molecule has 78 valence electrons. The predicted molar refractivity (Wildman–Crippen MR) is 55.0 cm³/mol. The number of rotatable bonds is 6. The van der Waals surface area contributed by atoms with Crippen LogP contribution in [0.4, 0.5) is 0 Å². The Kier molecular flexibility index (Phi) is 5.35. The Morgan fingerprint density at radius 1 is 1.62 bits per heavy atom. The van der Waals surface area contributed by atoms with Gasteiger partial charge in [-0.05, 0) is 19.4 Å². The van der Waals surface area contributed by atoms with E-state index in [0.717, 1.165) is 19.7 Å². The molecular formula is C10H22N2O. The van der Waals surface area contributed by atoms with Gasteiger partial charge in [0.1, 0.15) is 0 Å². The van der Waals surface area contributed by atoms with Crippen molar-refractivity contribution in [3.63, 3.8) is 0 Å². The van der Waals surface area contributed by atoms with Crippen molar-refractivity contribution >= 4 is 0 Å². The fourth-order valence-electron chi connectivity index (χ4n) is 1.89. The van der Waals surface area contributed by atoms with Crippen LogP contribution in [0, 0.1) is 0 Å². The van der Waals surface area contributed by atoms with Gasteiger partial charge in [-0.2, -0.15) is 0 Å². The van der Waals surface area contributed by atoms with E-state index in [2.05, 4.69) is 17.6 Å². The maximum absolute atomic E-state index is 5.18. The third-order valence-corrected chi connectivity index (χ3v) is 2.54. The van der Waals surface area contributed by atoms with Gasteiger partial charge in [0.25, 0.3) is 0 Å². The van der Waals surface area contributed by atoms with Gasteiger partial charge in [-0.15, -0.1) is 0 Å². The number of hydrogen-bond donors (Lipinski definition) is 2. The Hall–Kier alpha value is -0.120. The Balaban J connectivity index is 2.19. The van der Waals surface area contributed by atoms with E-state index >= 15 is 0 Å². The number of hydrogen-bond acceptors (Lipinski definition) is 3. The minimum Gasteiger partial charge on any atom is -0.383 e. The summed E-state index contributed by atoms with van der Waals surface area (Å²) in [4.78, 5) is 0. The number of nitrogens with one attached hydrogen (secondary N) is 2. The van der Waals surface area contributed by atoms with Crippen LogP contribution in [0.3, 0.4) is 0 Å². The van der Waals surface area contributed by atoms with Crippen LogP contribution in [0.2, 0.25) is 0 Å². The molecule has 0 aromatic rings. The molecule has 1 heterocycles. The van der Waals surface area contributed by atoms with E-state index in [1.165, 1.54) is 19.3 Å². The summed E-state index contributed by atoms with van der Waals surface area (Å²) in [6.07, 6.45) is 3.69. The minimum absolute atomic E-state index is 0.542. The van der Waals surface area contributed by atoms with Crippen molar-refractivity contribution in [3.05, 3.63) is 0 Å². The fraction of sp³-hybridized carbons (Fsp3) is 1.00. The fourth-order valence-corrected chi connectivity index (χ4v) is 1.89. The molecule has 3 heteroatoms. The molecule has 1 saturated heterocycles. The third kappa shape index (κ3) is 4.07. The van der Waals surface area contributed by atoms with E-state index in [9.17, 15) is 0 Å². The zero-order valence-electron chi connectivity index (χ0n) is 8.81. The maximum atomic E-state index is 5.18. The van der Waals surface area contributed by atoms with Crippen molar-refractivity contribution in [2.75, 3.05) is 26.8 Å². The lowest BCUT2D eigenvalue weighted by Crippen LogP contribution is -2.41. The van der Waals surface area contributed by atoms with Gasteiger partial charge in [0, 0.05) is 25.7 Å². The molecule has 0 radical (unpaired) electrons. The first-order valence-electron chi connectivity index (χ1n) is 5.32. The Morgan fingerprint density at radius 2 is 2.46 bits per heavy atom. The van der Waals surface area contributed by atoms with Gasteiger partial charge in [-0.1, -0.05) is 13.3 Å². The highest BCUT2D eigenvalue weighted by atomic mass is 16.5. The van der Waals surface area contributed by atoms with Crippen LogP contribution in [-0.2, 0) is 4.74 Å². The first-order chi connectivity index (χ1) is 6.36. The van der Waals surface area contributed by atoms with E-state index in [-0.39, 0.29) is 0 Å². The zero-order valence-corrected chi connectivity index (χ0v) is 8.81. The third-order valence-electron chi connectivity index (χ3n) is 2.54. The Morgan fingerprint density at radius 3 is 3.00 bits per heavy atom. The molecule has 0 spiro atoms.